The molecule has 6 nitrogen and oxygen atoms in total. The predicted molar refractivity (Wildman–Crippen MR) is 67.0 cm³/mol. The highest BCUT2D eigenvalue weighted by atomic mass is 16.5. The average Bonchev–Trinajstić information content (AvgIpc) is 2.75. The van der Waals surface area contributed by atoms with Crippen LogP contribution in [0.4, 0.5) is 0 Å². The molecule has 0 atom stereocenters. The molecule has 1 aromatic carbocycles. The number of fused-ring (bicyclic) bond motifs is 1. The Bertz CT molecular complexity index is 707. The molecule has 2 aromatic rings. The first-order valence-corrected chi connectivity index (χ1v) is 5.62. The minimum absolute atomic E-state index is 0.306. The maximum absolute atomic E-state index is 12.3. The third kappa shape index (κ3) is 2.16. The van der Waals surface area contributed by atoms with Crippen molar-refractivity contribution >= 4 is 22.9 Å². The van der Waals surface area contributed by atoms with E-state index >= 15 is 0 Å². The molecular formula is C13H13NO5. The van der Waals surface area contributed by atoms with Gasteiger partial charge in [-0.3, -0.25) is 14.6 Å². The number of hydrogen-bond donors (Lipinski definition) is 1. The molecule has 0 bridgehead atoms. The van der Waals surface area contributed by atoms with Crippen LogP contribution < -0.4 is 5.76 Å². The lowest BCUT2D eigenvalue weighted by Crippen LogP contribution is -2.34. The first-order valence-electron chi connectivity index (χ1n) is 5.62. The van der Waals surface area contributed by atoms with Gasteiger partial charge < -0.3 is 9.15 Å². The van der Waals surface area contributed by atoms with Crippen LogP contribution in [0.5, 0.6) is 0 Å². The van der Waals surface area contributed by atoms with E-state index in [4.69, 9.17) is 4.42 Å². The second kappa shape index (κ2) is 4.38. The Morgan fingerprint density at radius 2 is 2.00 bits per heavy atom. The highest BCUT2D eigenvalue weighted by molar-refractivity contribution is 6.12. The Morgan fingerprint density at radius 1 is 1.32 bits per heavy atom. The summed E-state index contributed by atoms with van der Waals surface area (Å²) < 4.78 is 9.46. The van der Waals surface area contributed by atoms with Crippen molar-refractivity contribution in [1.29, 1.82) is 0 Å². The van der Waals surface area contributed by atoms with Gasteiger partial charge in [0.2, 0.25) is 0 Å². The van der Waals surface area contributed by atoms with Crippen LogP contribution >= 0.6 is 0 Å². The number of H-pyrrole nitrogens is 1. The van der Waals surface area contributed by atoms with Crippen molar-refractivity contribution in [3.8, 4) is 0 Å². The van der Waals surface area contributed by atoms with Crippen LogP contribution in [0.3, 0.4) is 0 Å². The van der Waals surface area contributed by atoms with E-state index in [0.29, 0.717) is 16.7 Å². The molecule has 1 aromatic heterocycles. The normalized spacial score (nSPS) is 11.5. The minimum atomic E-state index is -1.29. The summed E-state index contributed by atoms with van der Waals surface area (Å²) in [5.41, 5.74) is -0.208. The zero-order valence-electron chi connectivity index (χ0n) is 10.8. The fourth-order valence-electron chi connectivity index (χ4n) is 1.80. The standard InChI is InChI=1S/C13H13NO5/c1-13(2,11(16)18-3)10(15)7-4-5-9-8(6-7)14-12(17)19-9/h4-6H,1-3H3,(H,14,17). The molecule has 0 aliphatic carbocycles. The van der Waals surface area contributed by atoms with Gasteiger partial charge in [0.25, 0.3) is 0 Å². The number of Topliss-reactive ketones (excluding diaryl/α,β-unsaturated/α-hetero) is 1. The number of carbonyl (C=O) groups excluding carboxylic acids is 2. The average molecular weight is 263 g/mol. The summed E-state index contributed by atoms with van der Waals surface area (Å²) in [4.78, 5) is 37.4. The Hall–Kier alpha value is -2.37. The fourth-order valence-corrected chi connectivity index (χ4v) is 1.80. The molecule has 0 aliphatic rings. The maximum atomic E-state index is 12.3. The SMILES string of the molecule is COC(=O)C(C)(C)C(=O)c1ccc2oc(=O)[nH]c2c1. The highest BCUT2D eigenvalue weighted by Gasteiger charge is 2.37. The second-order valence-electron chi connectivity index (χ2n) is 4.67. The third-order valence-corrected chi connectivity index (χ3v) is 2.94. The molecule has 0 unspecified atom stereocenters. The minimum Gasteiger partial charge on any atom is -0.468 e. The Morgan fingerprint density at radius 3 is 2.63 bits per heavy atom. The van der Waals surface area contributed by atoms with Crippen molar-refractivity contribution in [3.63, 3.8) is 0 Å². The van der Waals surface area contributed by atoms with Gasteiger partial charge in [-0.2, -0.15) is 0 Å². The first-order chi connectivity index (χ1) is 8.86. The van der Waals surface area contributed by atoms with E-state index < -0.39 is 17.1 Å². The molecule has 0 saturated carbocycles. The first kappa shape index (κ1) is 13.1. The number of benzene rings is 1. The summed E-state index contributed by atoms with van der Waals surface area (Å²) in [7, 11) is 1.23. The highest BCUT2D eigenvalue weighted by Crippen LogP contribution is 2.25. The van der Waals surface area contributed by atoms with Crippen LogP contribution in [0.25, 0.3) is 11.1 Å². The third-order valence-electron chi connectivity index (χ3n) is 2.94. The van der Waals surface area contributed by atoms with Gasteiger partial charge in [0, 0.05) is 5.56 Å². The van der Waals surface area contributed by atoms with Crippen molar-refractivity contribution in [2.24, 2.45) is 5.41 Å². The number of aromatic nitrogens is 1. The smallest absolute Gasteiger partial charge is 0.417 e. The Labute approximate surface area is 108 Å². The summed E-state index contributed by atoms with van der Waals surface area (Å²) in [6.45, 7) is 2.98. The molecule has 100 valence electrons. The lowest BCUT2D eigenvalue weighted by Gasteiger charge is -2.19. The van der Waals surface area contributed by atoms with Gasteiger partial charge in [0.1, 0.15) is 5.41 Å². The molecule has 6 heteroatoms. The number of esters is 1. The van der Waals surface area contributed by atoms with Crippen molar-refractivity contribution in [1.82, 2.24) is 4.98 Å². The van der Waals surface area contributed by atoms with Crippen LogP contribution in [0.2, 0.25) is 0 Å². The van der Waals surface area contributed by atoms with Gasteiger partial charge in [0.05, 0.1) is 12.6 Å². The molecule has 2 rings (SSSR count). The van der Waals surface area contributed by atoms with E-state index in [1.807, 2.05) is 0 Å². The van der Waals surface area contributed by atoms with E-state index in [1.54, 1.807) is 0 Å². The largest absolute Gasteiger partial charge is 0.468 e. The number of aromatic amines is 1. The van der Waals surface area contributed by atoms with Crippen molar-refractivity contribution in [3.05, 3.63) is 34.3 Å². The van der Waals surface area contributed by atoms with Gasteiger partial charge >= 0.3 is 11.7 Å². The van der Waals surface area contributed by atoms with Crippen molar-refractivity contribution in [2.45, 2.75) is 13.8 Å². The molecule has 0 aliphatic heterocycles. The van der Waals surface area contributed by atoms with E-state index in [1.165, 1.54) is 39.2 Å². The van der Waals surface area contributed by atoms with Crippen LogP contribution in [-0.4, -0.2) is 23.8 Å². The van der Waals surface area contributed by atoms with E-state index in [9.17, 15) is 14.4 Å². The molecule has 0 spiro atoms. The summed E-state index contributed by atoms with van der Waals surface area (Å²) in [5, 5.41) is 0. The number of rotatable bonds is 3. The topological polar surface area (TPSA) is 89.4 Å². The quantitative estimate of drug-likeness (QED) is 0.515. The van der Waals surface area contributed by atoms with Crippen molar-refractivity contribution in [2.75, 3.05) is 7.11 Å². The summed E-state index contributed by atoms with van der Waals surface area (Å²) in [6.07, 6.45) is 0. The fraction of sp³-hybridized carbons (Fsp3) is 0.308. The molecule has 0 radical (unpaired) electrons. The van der Waals surface area contributed by atoms with Crippen molar-refractivity contribution < 1.29 is 18.7 Å². The Kier molecular flexibility index (Phi) is 3.01. The van der Waals surface area contributed by atoms with Gasteiger partial charge in [-0.1, -0.05) is 0 Å². The lowest BCUT2D eigenvalue weighted by atomic mass is 9.84. The number of hydrogen-bond acceptors (Lipinski definition) is 5. The van der Waals surface area contributed by atoms with Gasteiger partial charge in [-0.05, 0) is 32.0 Å². The summed E-state index contributed by atoms with van der Waals surface area (Å²) in [5.74, 6) is -1.59. The van der Waals surface area contributed by atoms with E-state index in [-0.39, 0.29) is 5.78 Å². The molecule has 19 heavy (non-hydrogen) atoms. The zero-order valence-corrected chi connectivity index (χ0v) is 10.8. The maximum Gasteiger partial charge on any atom is 0.417 e. The van der Waals surface area contributed by atoms with Crippen LogP contribution in [0.1, 0.15) is 24.2 Å². The molecule has 1 heterocycles. The number of nitrogens with one attached hydrogen (secondary N) is 1. The number of oxazole rings is 1. The summed E-state index contributed by atoms with van der Waals surface area (Å²) >= 11 is 0. The summed E-state index contributed by atoms with van der Waals surface area (Å²) in [6, 6.07) is 4.49. The van der Waals surface area contributed by atoms with Gasteiger partial charge in [-0.25, -0.2) is 4.79 Å². The van der Waals surface area contributed by atoms with Crippen LogP contribution in [0.15, 0.2) is 27.4 Å². The van der Waals surface area contributed by atoms with Crippen LogP contribution in [-0.2, 0) is 9.53 Å². The zero-order chi connectivity index (χ0) is 14.2. The molecular weight excluding hydrogens is 250 g/mol. The predicted octanol–water partition coefficient (Wildman–Crippen LogP) is 1.50. The number of ether oxygens (including phenoxy) is 1. The molecule has 0 amide bonds. The van der Waals surface area contributed by atoms with Gasteiger partial charge in [0.15, 0.2) is 11.4 Å². The number of methoxy groups -OCH3 is 1. The molecule has 1 N–H and O–H groups in total. The second-order valence-corrected chi connectivity index (χ2v) is 4.67. The monoisotopic (exact) mass is 263 g/mol. The van der Waals surface area contributed by atoms with Crippen LogP contribution in [0, 0.1) is 5.41 Å². The molecule has 0 fully saturated rings. The Balaban J connectivity index is 2.46. The van der Waals surface area contributed by atoms with E-state index in [2.05, 4.69) is 9.72 Å². The number of carbonyl (C=O) groups is 2. The van der Waals surface area contributed by atoms with E-state index in [0.717, 1.165) is 0 Å². The van der Waals surface area contributed by atoms with Gasteiger partial charge in [-0.15, -0.1) is 0 Å². The molecule has 0 saturated heterocycles. The number of ketones is 1. The lowest BCUT2D eigenvalue weighted by molar-refractivity contribution is -0.147.